The molecule has 1 aliphatic rings. The van der Waals surface area contributed by atoms with Gasteiger partial charge in [0.1, 0.15) is 5.82 Å². The minimum atomic E-state index is -0.503. The molecule has 1 atom stereocenters. The number of halogens is 1. The molecule has 1 aromatic rings. The molecule has 0 radical (unpaired) electrons. The van der Waals surface area contributed by atoms with Crippen molar-refractivity contribution in [1.29, 1.82) is 0 Å². The summed E-state index contributed by atoms with van der Waals surface area (Å²) in [5.74, 6) is -0.635. The molecule has 0 bridgehead atoms. The fourth-order valence-corrected chi connectivity index (χ4v) is 1.86. The minimum Gasteiger partial charge on any atom is -0.396 e. The Bertz CT molecular complexity index is 437. The SMILES string of the molecule is CC1CN(C(=O)c2ccc(F)c(N)c2)CCO1. The smallest absolute Gasteiger partial charge is 0.254 e. The molecule has 2 N–H and O–H groups in total. The van der Waals surface area contributed by atoms with Gasteiger partial charge in [-0.15, -0.1) is 0 Å². The second-order valence-corrected chi connectivity index (χ2v) is 4.17. The summed E-state index contributed by atoms with van der Waals surface area (Å²) >= 11 is 0. The Balaban J connectivity index is 2.15. The molecule has 5 heteroatoms. The number of amides is 1. The summed E-state index contributed by atoms with van der Waals surface area (Å²) in [7, 11) is 0. The highest BCUT2D eigenvalue weighted by Gasteiger charge is 2.22. The van der Waals surface area contributed by atoms with Crippen LogP contribution in [0, 0.1) is 5.82 Å². The lowest BCUT2D eigenvalue weighted by Gasteiger charge is -2.31. The molecule has 1 saturated heterocycles. The van der Waals surface area contributed by atoms with Crippen LogP contribution in [0.25, 0.3) is 0 Å². The molecule has 1 unspecified atom stereocenters. The van der Waals surface area contributed by atoms with Gasteiger partial charge in [-0.05, 0) is 25.1 Å². The van der Waals surface area contributed by atoms with Gasteiger partial charge < -0.3 is 15.4 Å². The average molecular weight is 238 g/mol. The Hall–Kier alpha value is -1.62. The number of benzene rings is 1. The molecule has 17 heavy (non-hydrogen) atoms. The predicted molar refractivity (Wildman–Crippen MR) is 62.1 cm³/mol. The van der Waals surface area contributed by atoms with Gasteiger partial charge >= 0.3 is 0 Å². The molecule has 1 aromatic carbocycles. The molecule has 1 amide bonds. The van der Waals surface area contributed by atoms with Gasteiger partial charge in [-0.2, -0.15) is 0 Å². The van der Waals surface area contributed by atoms with Crippen LogP contribution in [0.4, 0.5) is 10.1 Å². The van der Waals surface area contributed by atoms with Crippen LogP contribution >= 0.6 is 0 Å². The van der Waals surface area contributed by atoms with E-state index in [1.54, 1.807) is 4.90 Å². The Labute approximate surface area is 99.2 Å². The summed E-state index contributed by atoms with van der Waals surface area (Å²) in [5.41, 5.74) is 5.86. The zero-order valence-electron chi connectivity index (χ0n) is 9.65. The predicted octanol–water partition coefficient (Wildman–Crippen LogP) is 1.27. The first kappa shape index (κ1) is 11.9. The van der Waals surface area contributed by atoms with Crippen molar-refractivity contribution < 1.29 is 13.9 Å². The number of ether oxygens (including phenoxy) is 1. The van der Waals surface area contributed by atoms with E-state index in [9.17, 15) is 9.18 Å². The molecule has 0 spiro atoms. The topological polar surface area (TPSA) is 55.6 Å². The molecule has 4 nitrogen and oxygen atoms in total. The normalized spacial score (nSPS) is 20.4. The van der Waals surface area contributed by atoms with E-state index >= 15 is 0 Å². The van der Waals surface area contributed by atoms with E-state index in [0.717, 1.165) is 0 Å². The Morgan fingerprint density at radius 3 is 3.00 bits per heavy atom. The average Bonchev–Trinajstić information content (AvgIpc) is 2.32. The molecular formula is C12H15FN2O2. The Kier molecular flexibility index (Phi) is 3.28. The van der Waals surface area contributed by atoms with Crippen LogP contribution in [-0.4, -0.2) is 36.6 Å². The van der Waals surface area contributed by atoms with E-state index in [2.05, 4.69) is 0 Å². The van der Waals surface area contributed by atoms with Crippen molar-refractivity contribution in [3.05, 3.63) is 29.6 Å². The van der Waals surface area contributed by atoms with Gasteiger partial charge in [-0.25, -0.2) is 4.39 Å². The summed E-state index contributed by atoms with van der Waals surface area (Å²) in [4.78, 5) is 13.8. The van der Waals surface area contributed by atoms with Crippen LogP contribution in [0.15, 0.2) is 18.2 Å². The fraction of sp³-hybridized carbons (Fsp3) is 0.417. The molecule has 0 aliphatic carbocycles. The molecular weight excluding hydrogens is 223 g/mol. The molecule has 1 aliphatic heterocycles. The van der Waals surface area contributed by atoms with Gasteiger partial charge in [-0.3, -0.25) is 4.79 Å². The molecule has 0 aromatic heterocycles. The number of nitrogens with two attached hydrogens (primary N) is 1. The third-order valence-electron chi connectivity index (χ3n) is 2.77. The number of morpholine rings is 1. The zero-order valence-corrected chi connectivity index (χ0v) is 9.65. The second kappa shape index (κ2) is 4.71. The maximum absolute atomic E-state index is 13.0. The summed E-state index contributed by atoms with van der Waals surface area (Å²) < 4.78 is 18.4. The first-order valence-electron chi connectivity index (χ1n) is 5.54. The van der Waals surface area contributed by atoms with Crippen molar-refractivity contribution in [2.45, 2.75) is 13.0 Å². The number of hydrogen-bond acceptors (Lipinski definition) is 3. The highest BCUT2D eigenvalue weighted by molar-refractivity contribution is 5.95. The quantitative estimate of drug-likeness (QED) is 0.749. The molecule has 2 rings (SSSR count). The van der Waals surface area contributed by atoms with E-state index in [-0.39, 0.29) is 17.7 Å². The van der Waals surface area contributed by atoms with Gasteiger partial charge in [0.15, 0.2) is 0 Å². The van der Waals surface area contributed by atoms with E-state index in [0.29, 0.717) is 25.3 Å². The molecule has 1 heterocycles. The van der Waals surface area contributed by atoms with E-state index in [1.807, 2.05) is 6.92 Å². The van der Waals surface area contributed by atoms with Crippen LogP contribution in [0.1, 0.15) is 17.3 Å². The Morgan fingerprint density at radius 2 is 2.35 bits per heavy atom. The van der Waals surface area contributed by atoms with Crippen LogP contribution < -0.4 is 5.73 Å². The third kappa shape index (κ3) is 2.55. The van der Waals surface area contributed by atoms with Gasteiger partial charge in [-0.1, -0.05) is 0 Å². The number of nitrogens with zero attached hydrogens (tertiary/aromatic N) is 1. The minimum absolute atomic E-state index is 0.00263. The van der Waals surface area contributed by atoms with Gasteiger partial charge in [0.2, 0.25) is 0 Å². The number of anilines is 1. The second-order valence-electron chi connectivity index (χ2n) is 4.17. The number of rotatable bonds is 1. The van der Waals surface area contributed by atoms with Crippen LogP contribution in [0.5, 0.6) is 0 Å². The van der Waals surface area contributed by atoms with Crippen molar-refractivity contribution in [3.8, 4) is 0 Å². The highest BCUT2D eigenvalue weighted by Crippen LogP contribution is 2.15. The lowest BCUT2D eigenvalue weighted by Crippen LogP contribution is -2.44. The number of hydrogen-bond donors (Lipinski definition) is 1. The number of carbonyl (C=O) groups excluding carboxylic acids is 1. The van der Waals surface area contributed by atoms with Crippen molar-refractivity contribution in [2.24, 2.45) is 0 Å². The molecule has 0 saturated carbocycles. The van der Waals surface area contributed by atoms with E-state index < -0.39 is 5.82 Å². The summed E-state index contributed by atoms with van der Waals surface area (Å²) in [6.45, 7) is 3.55. The highest BCUT2D eigenvalue weighted by atomic mass is 19.1. The summed E-state index contributed by atoms with van der Waals surface area (Å²) in [6, 6.07) is 4.04. The molecule has 92 valence electrons. The first-order chi connectivity index (χ1) is 8.08. The van der Waals surface area contributed by atoms with Crippen molar-refractivity contribution in [3.63, 3.8) is 0 Å². The van der Waals surface area contributed by atoms with Crippen molar-refractivity contribution in [2.75, 3.05) is 25.4 Å². The summed E-state index contributed by atoms with van der Waals surface area (Å²) in [6.07, 6.45) is 0.0329. The maximum atomic E-state index is 13.0. The first-order valence-corrected chi connectivity index (χ1v) is 5.54. The lowest BCUT2D eigenvalue weighted by atomic mass is 10.1. The van der Waals surface area contributed by atoms with E-state index in [4.69, 9.17) is 10.5 Å². The Morgan fingerprint density at radius 1 is 1.59 bits per heavy atom. The monoisotopic (exact) mass is 238 g/mol. The maximum Gasteiger partial charge on any atom is 0.254 e. The fourth-order valence-electron chi connectivity index (χ4n) is 1.86. The van der Waals surface area contributed by atoms with Crippen molar-refractivity contribution >= 4 is 11.6 Å². The van der Waals surface area contributed by atoms with Crippen molar-refractivity contribution in [1.82, 2.24) is 4.90 Å². The standard InChI is InChI=1S/C12H15FN2O2/c1-8-7-15(4-5-17-8)12(16)9-2-3-10(13)11(14)6-9/h2-3,6,8H,4-5,7,14H2,1H3. The number of nitrogen functional groups attached to an aromatic ring is 1. The van der Waals surface area contributed by atoms with Crippen LogP contribution in [0.3, 0.4) is 0 Å². The van der Waals surface area contributed by atoms with Crippen LogP contribution in [0.2, 0.25) is 0 Å². The van der Waals surface area contributed by atoms with Gasteiger partial charge in [0.05, 0.1) is 18.4 Å². The number of carbonyl (C=O) groups is 1. The van der Waals surface area contributed by atoms with E-state index in [1.165, 1.54) is 18.2 Å². The summed E-state index contributed by atoms with van der Waals surface area (Å²) in [5, 5.41) is 0. The largest absolute Gasteiger partial charge is 0.396 e. The van der Waals surface area contributed by atoms with Crippen LogP contribution in [-0.2, 0) is 4.74 Å². The lowest BCUT2D eigenvalue weighted by molar-refractivity contribution is -0.0124. The van der Waals surface area contributed by atoms with Gasteiger partial charge in [0.25, 0.3) is 5.91 Å². The molecule has 1 fully saturated rings. The third-order valence-corrected chi connectivity index (χ3v) is 2.77. The van der Waals surface area contributed by atoms with Gasteiger partial charge in [0, 0.05) is 18.7 Å². The zero-order chi connectivity index (χ0) is 12.4.